The van der Waals surface area contributed by atoms with E-state index in [1.807, 2.05) is 0 Å². The zero-order valence-corrected chi connectivity index (χ0v) is 34.6. The largest absolute Gasteiger partial charge is 0.309 e. The van der Waals surface area contributed by atoms with Crippen LogP contribution in [0.5, 0.6) is 0 Å². The summed E-state index contributed by atoms with van der Waals surface area (Å²) in [6, 6.07) is 64.1. The minimum atomic E-state index is -0.176. The summed E-state index contributed by atoms with van der Waals surface area (Å²) in [5.74, 6) is 0. The van der Waals surface area contributed by atoms with Crippen LogP contribution in [0.3, 0.4) is 0 Å². The van der Waals surface area contributed by atoms with Gasteiger partial charge < -0.3 is 9.47 Å². The second-order valence-corrected chi connectivity index (χ2v) is 18.6. The molecule has 2 nitrogen and oxygen atoms in total. The summed E-state index contributed by atoms with van der Waals surface area (Å²) in [6.45, 7) is 14.3. The van der Waals surface area contributed by atoms with E-state index in [9.17, 15) is 0 Å². The van der Waals surface area contributed by atoms with Crippen LogP contribution >= 0.6 is 0 Å². The van der Waals surface area contributed by atoms with Crippen LogP contribution in [0, 0.1) is 0 Å². The van der Waals surface area contributed by atoms with Crippen LogP contribution in [-0.2, 0) is 16.2 Å². The van der Waals surface area contributed by atoms with Gasteiger partial charge in [0.1, 0.15) is 0 Å². The summed E-state index contributed by atoms with van der Waals surface area (Å²) in [6.07, 6.45) is 0. The maximum atomic E-state index is 2.54. The summed E-state index contributed by atoms with van der Waals surface area (Å²) in [5, 5.41) is 2.56. The van der Waals surface area contributed by atoms with E-state index in [-0.39, 0.29) is 16.2 Å². The van der Waals surface area contributed by atoms with Crippen molar-refractivity contribution in [1.29, 1.82) is 0 Å². The van der Waals surface area contributed by atoms with Crippen LogP contribution in [0.4, 0.5) is 17.1 Å². The SMILES string of the molecule is CC1(C)c2ccccc2-c2cc3c4cc(-c5ccccc5)ccc4n(-c4ccc(-c5ccc6c(c5)C(C)(C)c5cccc7c5N6c5ccccc5C7(C)C)cc4)c3cc21. The highest BCUT2D eigenvalue weighted by molar-refractivity contribution is 6.12. The Morgan fingerprint density at radius 2 is 0.898 bits per heavy atom. The van der Waals surface area contributed by atoms with Crippen LogP contribution in [0.15, 0.2) is 170 Å². The molecule has 0 saturated carbocycles. The molecule has 1 aromatic heterocycles. The van der Waals surface area contributed by atoms with Crippen molar-refractivity contribution in [2.75, 3.05) is 4.90 Å². The molecule has 3 aliphatic rings. The maximum Gasteiger partial charge on any atom is 0.0544 e. The quantitative estimate of drug-likeness (QED) is 0.174. The first-order valence-electron chi connectivity index (χ1n) is 21.1. The lowest BCUT2D eigenvalue weighted by atomic mass is 9.66. The predicted octanol–water partition coefficient (Wildman–Crippen LogP) is 15.2. The average Bonchev–Trinajstić information content (AvgIpc) is 3.70. The van der Waals surface area contributed by atoms with Crippen LogP contribution < -0.4 is 4.90 Å². The fourth-order valence-corrected chi connectivity index (χ4v) is 11.2. The second-order valence-electron chi connectivity index (χ2n) is 18.6. The van der Waals surface area contributed by atoms with Crippen LogP contribution in [-0.4, -0.2) is 4.57 Å². The van der Waals surface area contributed by atoms with Gasteiger partial charge in [-0.3, -0.25) is 0 Å². The lowest BCUT2D eigenvalue weighted by Gasteiger charge is -2.49. The van der Waals surface area contributed by atoms with Crippen molar-refractivity contribution >= 4 is 38.9 Å². The fraction of sp³-hybridized carbons (Fsp3) is 0.158. The summed E-state index contributed by atoms with van der Waals surface area (Å²) < 4.78 is 2.49. The molecular formula is C57H46N2. The number of aromatic nitrogens is 1. The molecule has 8 aromatic carbocycles. The second kappa shape index (κ2) is 11.7. The number of hydrogen-bond donors (Lipinski definition) is 0. The summed E-state index contributed by atoms with van der Waals surface area (Å²) in [5.41, 5.74) is 23.1. The lowest BCUT2D eigenvalue weighted by Crippen LogP contribution is -2.38. The van der Waals surface area contributed by atoms with Crippen molar-refractivity contribution in [1.82, 2.24) is 4.57 Å². The van der Waals surface area contributed by atoms with E-state index in [0.717, 1.165) is 0 Å². The van der Waals surface area contributed by atoms with E-state index >= 15 is 0 Å². The molecule has 59 heavy (non-hydrogen) atoms. The number of rotatable bonds is 3. The molecule has 3 heterocycles. The molecule has 1 aliphatic carbocycles. The minimum absolute atomic E-state index is 0.0878. The van der Waals surface area contributed by atoms with E-state index < -0.39 is 0 Å². The zero-order valence-electron chi connectivity index (χ0n) is 34.6. The van der Waals surface area contributed by atoms with Gasteiger partial charge >= 0.3 is 0 Å². The van der Waals surface area contributed by atoms with Crippen molar-refractivity contribution in [2.24, 2.45) is 0 Å². The summed E-state index contributed by atoms with van der Waals surface area (Å²) in [4.78, 5) is 2.54. The highest BCUT2D eigenvalue weighted by Crippen LogP contribution is 2.60. The Morgan fingerprint density at radius 3 is 1.68 bits per heavy atom. The number of hydrogen-bond acceptors (Lipinski definition) is 1. The van der Waals surface area contributed by atoms with Gasteiger partial charge in [-0.15, -0.1) is 0 Å². The third kappa shape index (κ3) is 4.58. The first kappa shape index (κ1) is 34.4. The van der Waals surface area contributed by atoms with Crippen LogP contribution in [0.25, 0.3) is 60.9 Å². The Balaban J connectivity index is 1.01. The van der Waals surface area contributed by atoms with Crippen LogP contribution in [0.1, 0.15) is 74.9 Å². The van der Waals surface area contributed by atoms with E-state index in [1.54, 1.807) is 0 Å². The number of anilines is 3. The topological polar surface area (TPSA) is 8.17 Å². The van der Waals surface area contributed by atoms with E-state index in [1.165, 1.54) is 111 Å². The van der Waals surface area contributed by atoms with Crippen molar-refractivity contribution in [3.05, 3.63) is 203 Å². The molecule has 0 unspecified atom stereocenters. The van der Waals surface area contributed by atoms with Gasteiger partial charge in [0.25, 0.3) is 0 Å². The first-order chi connectivity index (χ1) is 28.5. The van der Waals surface area contributed by atoms with Gasteiger partial charge in [0.15, 0.2) is 0 Å². The standard InChI is InChI=1S/C57H46N2/c1-55(2)44-18-11-10-17-40(44)41-33-43-42-31-37(35-15-8-7-9-16-35)25-29-50(42)58(53(43)34-48(41)55)39-27-23-36(24-28-39)38-26-30-52-49(32-38)57(5,6)47-21-14-20-46-54(47)59(52)51-22-13-12-19-45(51)56(46,3)4/h7-34H,1-6H3. The average molecular weight is 759 g/mol. The van der Waals surface area contributed by atoms with Crippen molar-refractivity contribution in [2.45, 2.75) is 57.8 Å². The molecule has 284 valence electrons. The van der Waals surface area contributed by atoms with Gasteiger partial charge in [-0.05, 0) is 121 Å². The van der Waals surface area contributed by atoms with E-state index in [2.05, 4.69) is 221 Å². The molecule has 0 fully saturated rings. The predicted molar refractivity (Wildman–Crippen MR) is 248 cm³/mol. The number of para-hydroxylation sites is 2. The fourth-order valence-electron chi connectivity index (χ4n) is 11.2. The Hall–Kier alpha value is -6.64. The van der Waals surface area contributed by atoms with E-state index in [0.29, 0.717) is 0 Å². The highest BCUT2D eigenvalue weighted by atomic mass is 15.2. The Kier molecular flexibility index (Phi) is 6.84. The van der Waals surface area contributed by atoms with Crippen LogP contribution in [0.2, 0.25) is 0 Å². The molecule has 2 aliphatic heterocycles. The van der Waals surface area contributed by atoms with Crippen molar-refractivity contribution in [3.63, 3.8) is 0 Å². The molecule has 2 heteroatoms. The van der Waals surface area contributed by atoms with Gasteiger partial charge in [-0.2, -0.15) is 0 Å². The number of fused-ring (bicyclic) bond motifs is 10. The molecule has 0 radical (unpaired) electrons. The van der Waals surface area contributed by atoms with Gasteiger partial charge in [0, 0.05) is 32.7 Å². The maximum absolute atomic E-state index is 2.54. The normalized spacial score (nSPS) is 16.0. The van der Waals surface area contributed by atoms with Gasteiger partial charge in [-0.25, -0.2) is 0 Å². The summed E-state index contributed by atoms with van der Waals surface area (Å²) >= 11 is 0. The Bertz CT molecular complexity index is 3230. The molecule has 0 spiro atoms. The smallest absolute Gasteiger partial charge is 0.0544 e. The number of benzene rings is 8. The lowest BCUT2D eigenvalue weighted by molar-refractivity contribution is 0.597. The monoisotopic (exact) mass is 758 g/mol. The third-order valence-electron chi connectivity index (χ3n) is 14.4. The summed E-state index contributed by atoms with van der Waals surface area (Å²) in [7, 11) is 0. The van der Waals surface area contributed by atoms with Crippen molar-refractivity contribution in [3.8, 4) is 39.1 Å². The zero-order chi connectivity index (χ0) is 40.0. The third-order valence-corrected chi connectivity index (χ3v) is 14.4. The molecule has 0 saturated heterocycles. The van der Waals surface area contributed by atoms with Gasteiger partial charge in [-0.1, -0.05) is 157 Å². The molecular weight excluding hydrogens is 713 g/mol. The molecule has 0 atom stereocenters. The molecule has 0 N–H and O–H groups in total. The van der Waals surface area contributed by atoms with Crippen molar-refractivity contribution < 1.29 is 0 Å². The first-order valence-corrected chi connectivity index (χ1v) is 21.1. The highest BCUT2D eigenvalue weighted by Gasteiger charge is 2.45. The van der Waals surface area contributed by atoms with Gasteiger partial charge in [0.2, 0.25) is 0 Å². The van der Waals surface area contributed by atoms with Gasteiger partial charge in [0.05, 0.1) is 28.1 Å². The number of nitrogens with zero attached hydrogens (tertiary/aromatic N) is 2. The Labute approximate surface area is 347 Å². The minimum Gasteiger partial charge on any atom is -0.309 e. The molecule has 12 rings (SSSR count). The Morgan fingerprint density at radius 1 is 0.339 bits per heavy atom. The molecule has 0 bridgehead atoms. The van der Waals surface area contributed by atoms with E-state index in [4.69, 9.17) is 0 Å². The molecule has 0 amide bonds. The molecule has 9 aromatic rings.